The van der Waals surface area contributed by atoms with Crippen molar-refractivity contribution in [3.05, 3.63) is 77.5 Å². The van der Waals surface area contributed by atoms with Gasteiger partial charge in [0.2, 0.25) is 0 Å². The summed E-state index contributed by atoms with van der Waals surface area (Å²) >= 11 is 9.48. The smallest absolute Gasteiger partial charge is 0.192 e. The number of pyridine rings is 1. The van der Waals surface area contributed by atoms with Crippen LogP contribution in [0.2, 0.25) is 5.02 Å². The van der Waals surface area contributed by atoms with Crippen molar-refractivity contribution in [2.24, 2.45) is 0 Å². The van der Waals surface area contributed by atoms with Gasteiger partial charge in [-0.3, -0.25) is 9.55 Å². The first-order valence-corrected chi connectivity index (χ1v) is 10.8. The van der Waals surface area contributed by atoms with Crippen LogP contribution in [-0.2, 0) is 12.3 Å². The van der Waals surface area contributed by atoms with E-state index in [2.05, 4.69) is 27.1 Å². The molecule has 0 amide bonds. The molecule has 4 aromatic rings. The van der Waals surface area contributed by atoms with Gasteiger partial charge in [0.1, 0.15) is 5.01 Å². The van der Waals surface area contributed by atoms with Crippen LogP contribution < -0.4 is 0 Å². The number of halogens is 1. The second kappa shape index (κ2) is 8.68. The number of nitrogens with zero attached hydrogens (tertiary/aromatic N) is 5. The average Bonchev–Trinajstić information content (AvgIpc) is 3.35. The Kier molecular flexibility index (Phi) is 5.85. The van der Waals surface area contributed by atoms with Crippen molar-refractivity contribution in [1.29, 1.82) is 0 Å². The Morgan fingerprint density at radius 2 is 1.96 bits per heavy atom. The first kappa shape index (κ1) is 18.9. The quantitative estimate of drug-likeness (QED) is 0.285. The predicted octanol–water partition coefficient (Wildman–Crippen LogP) is 5.60. The summed E-state index contributed by atoms with van der Waals surface area (Å²) in [7, 11) is 0. The summed E-state index contributed by atoms with van der Waals surface area (Å²) in [4.78, 5) is 8.79. The second-order valence-corrected chi connectivity index (χ2v) is 8.06. The largest absolute Gasteiger partial charge is 0.298 e. The molecule has 0 atom stereocenters. The maximum atomic E-state index is 6.28. The molecule has 0 unspecified atom stereocenters. The molecule has 0 spiro atoms. The Morgan fingerprint density at radius 1 is 1.14 bits per heavy atom. The van der Waals surface area contributed by atoms with Crippen molar-refractivity contribution < 1.29 is 0 Å². The molecular weight excluding hydrogens is 410 g/mol. The van der Waals surface area contributed by atoms with Gasteiger partial charge < -0.3 is 0 Å². The normalized spacial score (nSPS) is 10.9. The van der Waals surface area contributed by atoms with E-state index >= 15 is 0 Å². The van der Waals surface area contributed by atoms with Crippen LogP contribution in [0.4, 0.5) is 0 Å². The van der Waals surface area contributed by atoms with Gasteiger partial charge in [0.05, 0.1) is 10.7 Å². The van der Waals surface area contributed by atoms with Crippen LogP contribution >= 0.6 is 34.7 Å². The number of hydrogen-bond acceptors (Lipinski definition) is 6. The molecule has 4 rings (SSSR count). The number of benzene rings is 1. The van der Waals surface area contributed by atoms with Gasteiger partial charge in [0.15, 0.2) is 11.0 Å². The number of thiazole rings is 1. The van der Waals surface area contributed by atoms with Crippen LogP contribution in [0.25, 0.3) is 22.0 Å². The van der Waals surface area contributed by atoms with E-state index in [0.29, 0.717) is 17.3 Å². The van der Waals surface area contributed by atoms with Gasteiger partial charge in [-0.1, -0.05) is 47.6 Å². The van der Waals surface area contributed by atoms with Crippen LogP contribution in [0.3, 0.4) is 0 Å². The molecule has 0 aliphatic rings. The Morgan fingerprint density at radius 3 is 2.75 bits per heavy atom. The van der Waals surface area contributed by atoms with Gasteiger partial charge in [-0.15, -0.1) is 28.1 Å². The molecular formula is C20H16ClN5S2. The van der Waals surface area contributed by atoms with Crippen molar-refractivity contribution in [2.45, 2.75) is 17.5 Å². The topological polar surface area (TPSA) is 56.5 Å². The molecule has 0 aliphatic heterocycles. The molecule has 0 aliphatic carbocycles. The molecule has 0 radical (unpaired) electrons. The Balaban J connectivity index is 1.54. The lowest BCUT2D eigenvalue weighted by atomic mass is 10.2. The first-order chi connectivity index (χ1) is 13.8. The van der Waals surface area contributed by atoms with Gasteiger partial charge in [-0.05, 0) is 18.2 Å². The van der Waals surface area contributed by atoms with E-state index < -0.39 is 0 Å². The van der Waals surface area contributed by atoms with E-state index in [0.717, 1.165) is 32.8 Å². The Hall–Kier alpha value is -2.48. The third-order valence-corrected chi connectivity index (χ3v) is 6.23. The SMILES string of the molecule is C=CCn1c(SCc2csc(-c3ccccc3Cl)n2)nnc1-c1ccncc1. The fourth-order valence-corrected chi connectivity index (χ4v) is 4.76. The zero-order valence-corrected chi connectivity index (χ0v) is 17.2. The fourth-order valence-electron chi connectivity index (χ4n) is 2.67. The molecule has 1 aromatic carbocycles. The van der Waals surface area contributed by atoms with Crippen LogP contribution in [-0.4, -0.2) is 24.7 Å². The van der Waals surface area contributed by atoms with Crippen molar-refractivity contribution >= 4 is 34.7 Å². The summed E-state index contributed by atoms with van der Waals surface area (Å²) < 4.78 is 2.05. The first-order valence-electron chi connectivity index (χ1n) is 8.53. The van der Waals surface area contributed by atoms with Crippen molar-refractivity contribution in [3.8, 4) is 22.0 Å². The van der Waals surface area contributed by atoms with E-state index in [1.54, 1.807) is 35.5 Å². The van der Waals surface area contributed by atoms with Gasteiger partial charge >= 0.3 is 0 Å². The molecule has 3 aromatic heterocycles. The Labute approximate surface area is 176 Å². The highest BCUT2D eigenvalue weighted by Crippen LogP contribution is 2.32. The van der Waals surface area contributed by atoms with Gasteiger partial charge in [-0.25, -0.2) is 4.98 Å². The minimum atomic E-state index is 0.634. The lowest BCUT2D eigenvalue weighted by molar-refractivity contribution is 0.731. The van der Waals surface area contributed by atoms with Gasteiger partial charge in [0, 0.05) is 41.2 Å². The lowest BCUT2D eigenvalue weighted by Gasteiger charge is -2.07. The predicted molar refractivity (Wildman–Crippen MR) is 116 cm³/mol. The zero-order valence-electron chi connectivity index (χ0n) is 14.8. The highest BCUT2D eigenvalue weighted by atomic mass is 35.5. The maximum Gasteiger partial charge on any atom is 0.192 e. The van der Waals surface area contributed by atoms with Crippen molar-refractivity contribution in [3.63, 3.8) is 0 Å². The number of aromatic nitrogens is 5. The summed E-state index contributed by atoms with van der Waals surface area (Å²) in [6.07, 6.45) is 5.34. The van der Waals surface area contributed by atoms with Crippen LogP contribution in [0.5, 0.6) is 0 Å². The molecule has 8 heteroatoms. The molecule has 0 fully saturated rings. The minimum absolute atomic E-state index is 0.634. The van der Waals surface area contributed by atoms with Gasteiger partial charge in [0.25, 0.3) is 0 Å². The molecule has 3 heterocycles. The van der Waals surface area contributed by atoms with E-state index in [1.807, 2.05) is 47.0 Å². The molecule has 28 heavy (non-hydrogen) atoms. The fraction of sp³-hybridized carbons (Fsp3) is 0.100. The standard InChI is InChI=1S/C20H16ClN5S2/c1-2-11-26-18(14-7-9-22-10-8-14)24-25-20(26)28-13-15-12-27-19(23-15)16-5-3-4-6-17(16)21/h2-10,12H,1,11,13H2. The van der Waals surface area contributed by atoms with Crippen LogP contribution in [0.15, 0.2) is 72.0 Å². The van der Waals surface area contributed by atoms with E-state index in [9.17, 15) is 0 Å². The minimum Gasteiger partial charge on any atom is -0.298 e. The number of allylic oxidation sites excluding steroid dienone is 1. The molecule has 0 saturated heterocycles. The third kappa shape index (κ3) is 4.01. The summed E-state index contributed by atoms with van der Waals surface area (Å²) in [5.41, 5.74) is 2.93. The van der Waals surface area contributed by atoms with E-state index in [-0.39, 0.29) is 0 Å². The van der Waals surface area contributed by atoms with E-state index in [1.165, 1.54) is 0 Å². The third-order valence-electron chi connectivity index (χ3n) is 3.97. The zero-order chi connectivity index (χ0) is 19.3. The van der Waals surface area contributed by atoms with Crippen LogP contribution in [0, 0.1) is 0 Å². The number of rotatable bonds is 7. The molecule has 0 saturated carbocycles. The summed E-state index contributed by atoms with van der Waals surface area (Å²) in [5.74, 6) is 1.51. The molecule has 0 N–H and O–H groups in total. The summed E-state index contributed by atoms with van der Waals surface area (Å²) in [6, 6.07) is 11.6. The highest BCUT2D eigenvalue weighted by Gasteiger charge is 2.15. The number of thioether (sulfide) groups is 1. The molecule has 0 bridgehead atoms. The molecule has 140 valence electrons. The summed E-state index contributed by atoms with van der Waals surface area (Å²) in [6.45, 7) is 4.49. The summed E-state index contributed by atoms with van der Waals surface area (Å²) in [5, 5.41) is 13.3. The van der Waals surface area contributed by atoms with E-state index in [4.69, 9.17) is 16.6 Å². The average molecular weight is 426 g/mol. The second-order valence-electron chi connectivity index (χ2n) is 5.85. The Bertz CT molecular complexity index is 1090. The van der Waals surface area contributed by atoms with Gasteiger partial charge in [-0.2, -0.15) is 0 Å². The molecule has 5 nitrogen and oxygen atoms in total. The number of hydrogen-bond donors (Lipinski definition) is 0. The maximum absolute atomic E-state index is 6.28. The van der Waals surface area contributed by atoms with Crippen molar-refractivity contribution in [1.82, 2.24) is 24.7 Å². The van der Waals surface area contributed by atoms with Crippen molar-refractivity contribution in [2.75, 3.05) is 0 Å². The monoisotopic (exact) mass is 425 g/mol. The lowest BCUT2D eigenvalue weighted by Crippen LogP contribution is -2.00. The highest BCUT2D eigenvalue weighted by molar-refractivity contribution is 7.98. The van der Waals surface area contributed by atoms with Crippen LogP contribution in [0.1, 0.15) is 5.69 Å².